The number of nitrogens with one attached hydrogen (secondary N) is 1. The van der Waals surface area contributed by atoms with Crippen molar-refractivity contribution < 1.29 is 19.1 Å². The van der Waals surface area contributed by atoms with Crippen LogP contribution in [0, 0.1) is 0 Å². The highest BCUT2D eigenvalue weighted by Gasteiger charge is 2.14. The summed E-state index contributed by atoms with van der Waals surface area (Å²) in [6.45, 7) is 9.09. The highest BCUT2D eigenvalue weighted by atomic mass is 16.5. The van der Waals surface area contributed by atoms with Crippen LogP contribution in [0.25, 0.3) is 16.5 Å². The van der Waals surface area contributed by atoms with Crippen molar-refractivity contribution in [2.75, 3.05) is 18.5 Å². The van der Waals surface area contributed by atoms with Gasteiger partial charge in [0.2, 0.25) is 5.91 Å². The van der Waals surface area contributed by atoms with E-state index in [0.29, 0.717) is 43.5 Å². The van der Waals surface area contributed by atoms with Crippen LogP contribution in [0.15, 0.2) is 60.8 Å². The standard InChI is InChI=1S/C33H44N2O4/c1-5-9-14-28(13-6-2)35-21-20-27-23-26(18-19-30(27)35)25(7-3)24-32(36)34-29-15-10-11-16-31(29)39-22-12-17-33(37)38-8-4/h10-11,15-16,18-21,23-24,28H,5-9,12-14,17,22H2,1-4H3,(H,34,36)/b25-24+. The summed E-state index contributed by atoms with van der Waals surface area (Å²) in [5.74, 6) is 0.148. The number of allylic oxidation sites excluding steroid dienone is 1. The second kappa shape index (κ2) is 15.8. The summed E-state index contributed by atoms with van der Waals surface area (Å²) in [4.78, 5) is 24.6. The topological polar surface area (TPSA) is 69.6 Å². The molecule has 1 heterocycles. The average molecular weight is 533 g/mol. The Balaban J connectivity index is 1.71. The Morgan fingerprint density at radius 2 is 1.79 bits per heavy atom. The number of esters is 1. The van der Waals surface area contributed by atoms with E-state index in [1.54, 1.807) is 13.0 Å². The third kappa shape index (κ3) is 8.74. The molecule has 0 radical (unpaired) electrons. The molecule has 6 heteroatoms. The van der Waals surface area contributed by atoms with E-state index in [1.807, 2.05) is 24.3 Å². The minimum absolute atomic E-state index is 0.199. The second-order valence-corrected chi connectivity index (χ2v) is 9.85. The molecule has 6 nitrogen and oxygen atoms in total. The molecule has 210 valence electrons. The SMILES string of the molecule is CCCCC(CCC)n1ccc2cc(/C(=C/C(=O)Nc3ccccc3OCCCC(=O)OCC)CC)ccc21. The van der Waals surface area contributed by atoms with Crippen molar-refractivity contribution in [1.29, 1.82) is 0 Å². The van der Waals surface area contributed by atoms with E-state index >= 15 is 0 Å². The van der Waals surface area contributed by atoms with Crippen LogP contribution < -0.4 is 10.1 Å². The predicted octanol–water partition coefficient (Wildman–Crippen LogP) is 8.33. The smallest absolute Gasteiger partial charge is 0.305 e. The van der Waals surface area contributed by atoms with Gasteiger partial charge in [-0.05, 0) is 74.1 Å². The number of nitrogens with zero attached hydrogens (tertiary/aromatic N) is 1. The lowest BCUT2D eigenvalue weighted by molar-refractivity contribution is -0.143. The van der Waals surface area contributed by atoms with Gasteiger partial charge in [0.25, 0.3) is 0 Å². The molecule has 0 bridgehead atoms. The molecule has 0 aliphatic heterocycles. The maximum Gasteiger partial charge on any atom is 0.305 e. The minimum atomic E-state index is -0.230. The van der Waals surface area contributed by atoms with E-state index in [9.17, 15) is 9.59 Å². The van der Waals surface area contributed by atoms with E-state index in [4.69, 9.17) is 9.47 Å². The van der Waals surface area contributed by atoms with Gasteiger partial charge in [-0.25, -0.2) is 0 Å². The van der Waals surface area contributed by atoms with Crippen molar-refractivity contribution in [3.05, 3.63) is 66.4 Å². The monoisotopic (exact) mass is 532 g/mol. The summed E-state index contributed by atoms with van der Waals surface area (Å²) in [5, 5.41) is 4.17. The number of para-hydroxylation sites is 2. The largest absolute Gasteiger partial charge is 0.491 e. The van der Waals surface area contributed by atoms with Gasteiger partial charge < -0.3 is 19.4 Å². The van der Waals surface area contributed by atoms with Gasteiger partial charge in [-0.1, -0.05) is 58.2 Å². The molecule has 3 rings (SSSR count). The van der Waals surface area contributed by atoms with Crippen LogP contribution in [0.2, 0.25) is 0 Å². The van der Waals surface area contributed by atoms with E-state index in [0.717, 1.165) is 17.6 Å². The number of anilines is 1. The van der Waals surface area contributed by atoms with Crippen LogP contribution in [0.4, 0.5) is 5.69 Å². The maximum absolute atomic E-state index is 13.0. The van der Waals surface area contributed by atoms with Crippen LogP contribution in [-0.2, 0) is 14.3 Å². The molecule has 1 N–H and O–H groups in total. The number of benzene rings is 2. The molecule has 0 aliphatic carbocycles. The number of amides is 1. The average Bonchev–Trinajstić information content (AvgIpc) is 3.36. The molecule has 39 heavy (non-hydrogen) atoms. The number of hydrogen-bond acceptors (Lipinski definition) is 4. The van der Waals surface area contributed by atoms with Gasteiger partial charge in [0.1, 0.15) is 5.75 Å². The number of carbonyl (C=O) groups excluding carboxylic acids is 2. The molecule has 1 atom stereocenters. The van der Waals surface area contributed by atoms with Crippen molar-refractivity contribution in [2.24, 2.45) is 0 Å². The minimum Gasteiger partial charge on any atom is -0.491 e. The summed E-state index contributed by atoms with van der Waals surface area (Å²) in [5.41, 5.74) is 3.89. The van der Waals surface area contributed by atoms with Crippen LogP contribution >= 0.6 is 0 Å². The Morgan fingerprint density at radius 1 is 0.974 bits per heavy atom. The number of fused-ring (bicyclic) bond motifs is 1. The highest BCUT2D eigenvalue weighted by molar-refractivity contribution is 6.05. The van der Waals surface area contributed by atoms with Gasteiger partial charge in [-0.15, -0.1) is 0 Å². The van der Waals surface area contributed by atoms with Gasteiger partial charge in [-0.2, -0.15) is 0 Å². The second-order valence-electron chi connectivity index (χ2n) is 9.85. The third-order valence-corrected chi connectivity index (χ3v) is 6.92. The Kier molecular flexibility index (Phi) is 12.1. The van der Waals surface area contributed by atoms with Crippen LogP contribution in [0.5, 0.6) is 5.75 Å². The van der Waals surface area contributed by atoms with E-state index in [2.05, 4.69) is 61.1 Å². The lowest BCUT2D eigenvalue weighted by atomic mass is 10.0. The maximum atomic E-state index is 13.0. The third-order valence-electron chi connectivity index (χ3n) is 6.92. The molecule has 0 fully saturated rings. The summed E-state index contributed by atoms with van der Waals surface area (Å²) in [6.07, 6.45) is 11.5. The predicted molar refractivity (Wildman–Crippen MR) is 160 cm³/mol. The molecular formula is C33H44N2O4. The first kappa shape index (κ1) is 30.0. The quantitative estimate of drug-likeness (QED) is 0.114. The van der Waals surface area contributed by atoms with Gasteiger partial charge >= 0.3 is 5.97 Å². The number of aromatic nitrogens is 1. The van der Waals surface area contributed by atoms with Gasteiger partial charge in [-0.3, -0.25) is 9.59 Å². The Morgan fingerprint density at radius 3 is 2.54 bits per heavy atom. The molecule has 0 saturated carbocycles. The lowest BCUT2D eigenvalue weighted by Gasteiger charge is -2.19. The van der Waals surface area contributed by atoms with Crippen molar-refractivity contribution in [2.45, 2.75) is 85.1 Å². The molecule has 3 aromatic rings. The first-order valence-corrected chi connectivity index (χ1v) is 14.5. The lowest BCUT2D eigenvalue weighted by Crippen LogP contribution is -2.11. The fourth-order valence-electron chi connectivity index (χ4n) is 4.92. The van der Waals surface area contributed by atoms with Crippen molar-refractivity contribution >= 4 is 34.0 Å². The molecular weight excluding hydrogens is 488 g/mol. The molecule has 2 aromatic carbocycles. The first-order chi connectivity index (χ1) is 19.0. The van der Waals surface area contributed by atoms with E-state index in [1.165, 1.54) is 43.0 Å². The zero-order valence-electron chi connectivity index (χ0n) is 24.0. The Bertz CT molecular complexity index is 1240. The molecule has 1 amide bonds. The Hall–Kier alpha value is -3.54. The number of rotatable bonds is 16. The van der Waals surface area contributed by atoms with Crippen molar-refractivity contribution in [3.8, 4) is 5.75 Å². The summed E-state index contributed by atoms with van der Waals surface area (Å²) in [7, 11) is 0. The van der Waals surface area contributed by atoms with Gasteiger partial charge in [0, 0.05) is 35.6 Å². The normalized spacial score (nSPS) is 12.4. The molecule has 1 unspecified atom stereocenters. The number of unbranched alkanes of at least 4 members (excludes halogenated alkanes) is 1. The number of hydrogen-bond donors (Lipinski definition) is 1. The van der Waals surface area contributed by atoms with Crippen LogP contribution in [0.3, 0.4) is 0 Å². The van der Waals surface area contributed by atoms with E-state index in [-0.39, 0.29) is 11.9 Å². The number of carbonyl (C=O) groups is 2. The van der Waals surface area contributed by atoms with Crippen molar-refractivity contribution in [1.82, 2.24) is 4.57 Å². The number of ether oxygens (including phenoxy) is 2. The summed E-state index contributed by atoms with van der Waals surface area (Å²) >= 11 is 0. The zero-order chi connectivity index (χ0) is 28.0. The molecule has 0 saturated heterocycles. The fourth-order valence-corrected chi connectivity index (χ4v) is 4.92. The summed E-state index contributed by atoms with van der Waals surface area (Å²) in [6, 6.07) is 16.6. The van der Waals surface area contributed by atoms with Crippen LogP contribution in [-0.4, -0.2) is 29.7 Å². The van der Waals surface area contributed by atoms with Crippen LogP contribution in [0.1, 0.15) is 90.7 Å². The van der Waals surface area contributed by atoms with Gasteiger partial charge in [0.05, 0.1) is 18.9 Å². The fraction of sp³-hybridized carbons (Fsp3) is 0.455. The first-order valence-electron chi connectivity index (χ1n) is 14.5. The Labute approximate surface area is 233 Å². The summed E-state index contributed by atoms with van der Waals surface area (Å²) < 4.78 is 13.2. The molecule has 1 aromatic heterocycles. The highest BCUT2D eigenvalue weighted by Crippen LogP contribution is 2.30. The van der Waals surface area contributed by atoms with E-state index < -0.39 is 0 Å². The van der Waals surface area contributed by atoms with Crippen molar-refractivity contribution in [3.63, 3.8) is 0 Å². The zero-order valence-corrected chi connectivity index (χ0v) is 24.0. The van der Waals surface area contributed by atoms with Gasteiger partial charge in [0.15, 0.2) is 0 Å². The molecule has 0 spiro atoms. The molecule has 0 aliphatic rings.